The van der Waals surface area contributed by atoms with Crippen molar-refractivity contribution in [1.82, 2.24) is 14.9 Å². The van der Waals surface area contributed by atoms with Gasteiger partial charge in [-0.3, -0.25) is 5.10 Å². The molecule has 0 amide bonds. The Morgan fingerprint density at radius 2 is 2.25 bits per heavy atom. The quantitative estimate of drug-likeness (QED) is 0.276. The first-order valence-corrected chi connectivity index (χ1v) is 7.89. The lowest BCUT2D eigenvalue weighted by atomic mass is 9.77. The summed E-state index contributed by atoms with van der Waals surface area (Å²) in [5.41, 5.74) is 4.71. The summed E-state index contributed by atoms with van der Waals surface area (Å²) in [6, 6.07) is 0. The van der Waals surface area contributed by atoms with Gasteiger partial charge in [0.2, 0.25) is 10.0 Å². The van der Waals surface area contributed by atoms with Crippen molar-refractivity contribution >= 4 is 15.9 Å². The fourth-order valence-corrected chi connectivity index (χ4v) is 3.80. The third-order valence-electron chi connectivity index (χ3n) is 3.84. The Bertz CT molecular complexity index is 573. The highest BCUT2D eigenvalue weighted by Crippen LogP contribution is 2.33. The van der Waals surface area contributed by atoms with E-state index in [0.29, 0.717) is 18.8 Å². The van der Waals surface area contributed by atoms with Gasteiger partial charge in [-0.05, 0) is 31.6 Å². The third-order valence-corrected chi connectivity index (χ3v) is 5.34. The molecule has 1 saturated carbocycles. The predicted molar refractivity (Wildman–Crippen MR) is 72.7 cm³/mol. The number of rotatable bonds is 4. The summed E-state index contributed by atoms with van der Waals surface area (Å²) < 4.78 is 27.2. The van der Waals surface area contributed by atoms with Crippen LogP contribution in [0.3, 0.4) is 0 Å². The average molecular weight is 301 g/mol. The Kier molecular flexibility index (Phi) is 4.00. The molecule has 2 rings (SSSR count). The van der Waals surface area contributed by atoms with Crippen LogP contribution < -0.4 is 10.5 Å². The van der Waals surface area contributed by atoms with E-state index in [-0.39, 0.29) is 10.7 Å². The zero-order chi connectivity index (χ0) is 14.8. The summed E-state index contributed by atoms with van der Waals surface area (Å²) in [6.07, 6.45) is 5.12. The zero-order valence-corrected chi connectivity index (χ0v) is 12.0. The summed E-state index contributed by atoms with van der Waals surface area (Å²) in [4.78, 5) is 0.0289. The third kappa shape index (κ3) is 2.78. The van der Waals surface area contributed by atoms with Crippen LogP contribution in [0.4, 0.5) is 0 Å². The van der Waals surface area contributed by atoms with Crippen molar-refractivity contribution in [3.63, 3.8) is 0 Å². The molecule has 0 aromatic carbocycles. The fourth-order valence-electron chi connectivity index (χ4n) is 2.46. The van der Waals surface area contributed by atoms with Crippen molar-refractivity contribution in [2.24, 2.45) is 16.8 Å². The molecule has 1 aliphatic carbocycles. The summed E-state index contributed by atoms with van der Waals surface area (Å²) in [5.74, 6) is 0.393. The highest BCUT2D eigenvalue weighted by Gasteiger charge is 2.42. The Labute approximate surface area is 117 Å². The van der Waals surface area contributed by atoms with Crippen molar-refractivity contribution in [2.75, 3.05) is 0 Å². The minimum absolute atomic E-state index is 0.0289. The number of hydrogen-bond donors (Lipinski definition) is 4. The van der Waals surface area contributed by atoms with Crippen LogP contribution in [0.1, 0.15) is 32.6 Å². The van der Waals surface area contributed by atoms with E-state index in [0.717, 1.165) is 12.8 Å². The van der Waals surface area contributed by atoms with E-state index >= 15 is 0 Å². The summed E-state index contributed by atoms with van der Waals surface area (Å²) in [6.45, 7) is 2.10. The fraction of sp³-hybridized carbons (Fsp3) is 0.636. The van der Waals surface area contributed by atoms with Crippen molar-refractivity contribution in [1.29, 1.82) is 0 Å². The SMILES string of the molecule is CC1CCC(NS(=O)(=O)c2cn[nH]c2)(/C(N)=N/O)CC1. The molecule has 1 aromatic heterocycles. The van der Waals surface area contributed by atoms with Crippen LogP contribution in [0.25, 0.3) is 0 Å². The molecule has 20 heavy (non-hydrogen) atoms. The van der Waals surface area contributed by atoms with Crippen LogP contribution in [0.15, 0.2) is 22.4 Å². The summed E-state index contributed by atoms with van der Waals surface area (Å²) in [5, 5.41) is 18.1. The van der Waals surface area contributed by atoms with Gasteiger partial charge in [0.1, 0.15) is 4.90 Å². The van der Waals surface area contributed by atoms with Gasteiger partial charge in [0.15, 0.2) is 5.84 Å². The molecule has 1 fully saturated rings. The van der Waals surface area contributed by atoms with E-state index in [1.54, 1.807) is 0 Å². The molecule has 9 heteroatoms. The second kappa shape index (κ2) is 5.41. The lowest BCUT2D eigenvalue weighted by Gasteiger charge is -2.38. The largest absolute Gasteiger partial charge is 0.409 e. The summed E-state index contributed by atoms with van der Waals surface area (Å²) in [7, 11) is -3.76. The number of sulfonamides is 1. The first-order chi connectivity index (χ1) is 9.39. The van der Waals surface area contributed by atoms with Gasteiger partial charge in [0.05, 0.1) is 11.7 Å². The van der Waals surface area contributed by atoms with Crippen molar-refractivity contribution in [3.05, 3.63) is 12.4 Å². The highest BCUT2D eigenvalue weighted by atomic mass is 32.2. The standard InChI is InChI=1S/C11H19N5O3S/c1-8-2-4-11(5-3-8,10(12)15-17)16-20(18,19)9-6-13-14-7-9/h6-8,16-17H,2-5H2,1H3,(H2,12,15)(H,13,14). The molecule has 112 valence electrons. The molecule has 0 spiro atoms. The van der Waals surface area contributed by atoms with Crippen molar-refractivity contribution in [3.8, 4) is 0 Å². The molecule has 0 atom stereocenters. The topological polar surface area (TPSA) is 133 Å². The van der Waals surface area contributed by atoms with Crippen LogP contribution in [0, 0.1) is 5.92 Å². The van der Waals surface area contributed by atoms with E-state index in [1.807, 2.05) is 0 Å². The van der Waals surface area contributed by atoms with Gasteiger partial charge in [-0.1, -0.05) is 12.1 Å². The van der Waals surface area contributed by atoms with Gasteiger partial charge in [-0.25, -0.2) is 8.42 Å². The van der Waals surface area contributed by atoms with E-state index in [2.05, 4.69) is 27.0 Å². The molecule has 0 bridgehead atoms. The molecular formula is C11H19N5O3S. The number of amidine groups is 1. The van der Waals surface area contributed by atoms with E-state index in [9.17, 15) is 8.42 Å². The molecule has 5 N–H and O–H groups in total. The average Bonchev–Trinajstić information content (AvgIpc) is 2.95. The monoisotopic (exact) mass is 301 g/mol. The maximum absolute atomic E-state index is 12.3. The first kappa shape index (κ1) is 14.8. The van der Waals surface area contributed by atoms with Crippen LogP contribution in [0.5, 0.6) is 0 Å². The van der Waals surface area contributed by atoms with E-state index in [4.69, 9.17) is 10.9 Å². The number of nitrogens with two attached hydrogens (primary N) is 1. The molecule has 1 aliphatic rings. The van der Waals surface area contributed by atoms with Gasteiger partial charge in [0, 0.05) is 6.20 Å². The van der Waals surface area contributed by atoms with Gasteiger partial charge in [-0.2, -0.15) is 9.82 Å². The first-order valence-electron chi connectivity index (χ1n) is 6.40. The molecule has 1 heterocycles. The normalized spacial score (nSPS) is 28.4. The van der Waals surface area contributed by atoms with Crippen LogP contribution in [-0.4, -0.2) is 35.2 Å². The second-order valence-corrected chi connectivity index (χ2v) is 6.97. The maximum atomic E-state index is 12.3. The Morgan fingerprint density at radius 3 is 2.75 bits per heavy atom. The maximum Gasteiger partial charge on any atom is 0.244 e. The highest BCUT2D eigenvalue weighted by molar-refractivity contribution is 7.89. The lowest BCUT2D eigenvalue weighted by Crippen LogP contribution is -2.58. The Hall–Kier alpha value is -1.61. The number of nitrogens with one attached hydrogen (secondary N) is 2. The molecular weight excluding hydrogens is 282 g/mol. The predicted octanol–water partition coefficient (Wildman–Crippen LogP) is 0.383. The number of hydrogen-bond acceptors (Lipinski definition) is 5. The van der Waals surface area contributed by atoms with Crippen LogP contribution >= 0.6 is 0 Å². The Morgan fingerprint density at radius 1 is 1.60 bits per heavy atom. The lowest BCUT2D eigenvalue weighted by molar-refractivity contribution is 0.266. The molecule has 0 saturated heterocycles. The molecule has 0 unspecified atom stereocenters. The van der Waals surface area contributed by atoms with E-state index < -0.39 is 15.6 Å². The summed E-state index contributed by atoms with van der Waals surface area (Å²) >= 11 is 0. The van der Waals surface area contributed by atoms with Crippen molar-refractivity contribution < 1.29 is 13.6 Å². The number of oxime groups is 1. The van der Waals surface area contributed by atoms with Crippen molar-refractivity contribution in [2.45, 2.75) is 43.0 Å². The number of nitrogens with zero attached hydrogens (tertiary/aromatic N) is 2. The van der Waals surface area contributed by atoms with E-state index in [1.165, 1.54) is 12.4 Å². The van der Waals surface area contributed by atoms with Gasteiger partial charge in [-0.15, -0.1) is 0 Å². The number of H-pyrrole nitrogens is 1. The molecule has 1 aromatic rings. The molecule has 8 nitrogen and oxygen atoms in total. The molecule has 0 radical (unpaired) electrons. The Balaban J connectivity index is 2.30. The zero-order valence-electron chi connectivity index (χ0n) is 11.2. The van der Waals surface area contributed by atoms with Crippen LogP contribution in [0.2, 0.25) is 0 Å². The smallest absolute Gasteiger partial charge is 0.244 e. The number of aromatic amines is 1. The minimum Gasteiger partial charge on any atom is -0.409 e. The second-order valence-electron chi connectivity index (χ2n) is 5.29. The molecule has 0 aliphatic heterocycles. The van der Waals surface area contributed by atoms with Crippen LogP contribution in [-0.2, 0) is 10.0 Å². The van der Waals surface area contributed by atoms with Gasteiger partial charge in [0.25, 0.3) is 0 Å². The number of aromatic nitrogens is 2. The van der Waals surface area contributed by atoms with Gasteiger partial charge >= 0.3 is 0 Å². The minimum atomic E-state index is -3.76. The van der Waals surface area contributed by atoms with Gasteiger partial charge < -0.3 is 10.9 Å².